The summed E-state index contributed by atoms with van der Waals surface area (Å²) in [6, 6.07) is 3.74. The number of likely N-dealkylation sites (tertiary alicyclic amines) is 1. The van der Waals surface area contributed by atoms with Gasteiger partial charge in [0.2, 0.25) is 5.88 Å². The summed E-state index contributed by atoms with van der Waals surface area (Å²) in [6.07, 6.45) is 5.86. The average Bonchev–Trinajstić information content (AvgIpc) is 3.26. The van der Waals surface area contributed by atoms with E-state index in [0.717, 1.165) is 30.2 Å². The lowest BCUT2D eigenvalue weighted by atomic mass is 10.2. The van der Waals surface area contributed by atoms with E-state index in [4.69, 9.17) is 4.74 Å². The first-order valence-electron chi connectivity index (χ1n) is 8.28. The molecule has 1 N–H and O–H groups in total. The van der Waals surface area contributed by atoms with Crippen molar-refractivity contribution >= 4 is 17.2 Å². The van der Waals surface area contributed by atoms with E-state index in [9.17, 15) is 4.79 Å². The lowest BCUT2D eigenvalue weighted by Crippen LogP contribution is -2.22. The van der Waals surface area contributed by atoms with Crippen LogP contribution in [0.3, 0.4) is 0 Å². The van der Waals surface area contributed by atoms with E-state index >= 15 is 0 Å². The monoisotopic (exact) mass is 346 g/mol. The molecular weight excluding hydrogens is 324 g/mol. The topological polar surface area (TPSA) is 67.3 Å². The van der Waals surface area contributed by atoms with Gasteiger partial charge in [-0.2, -0.15) is 0 Å². The highest BCUT2D eigenvalue weighted by Gasteiger charge is 2.16. The average molecular weight is 346 g/mol. The fourth-order valence-electron chi connectivity index (χ4n) is 2.71. The highest BCUT2D eigenvalue weighted by Crippen LogP contribution is 2.19. The van der Waals surface area contributed by atoms with E-state index in [2.05, 4.69) is 20.2 Å². The molecule has 128 valence electrons. The zero-order valence-electron chi connectivity index (χ0n) is 13.8. The van der Waals surface area contributed by atoms with Crippen molar-refractivity contribution in [2.45, 2.75) is 32.9 Å². The van der Waals surface area contributed by atoms with Crippen LogP contribution in [0.2, 0.25) is 0 Å². The number of carbonyl (C=O) groups is 1. The number of ether oxygens (including phenoxy) is 1. The third-order valence-corrected chi connectivity index (χ3v) is 4.89. The summed E-state index contributed by atoms with van der Waals surface area (Å²) in [5.41, 5.74) is 0.870. The van der Waals surface area contributed by atoms with Crippen LogP contribution in [0.4, 0.5) is 0 Å². The number of aromatic nitrogens is 2. The quantitative estimate of drug-likeness (QED) is 0.834. The summed E-state index contributed by atoms with van der Waals surface area (Å²) >= 11 is 1.47. The molecule has 0 aliphatic carbocycles. The van der Waals surface area contributed by atoms with Crippen LogP contribution in [-0.2, 0) is 13.1 Å². The lowest BCUT2D eigenvalue weighted by Gasteiger charge is -2.11. The van der Waals surface area contributed by atoms with E-state index in [-0.39, 0.29) is 5.91 Å². The molecule has 3 heterocycles. The number of carbonyl (C=O) groups excluding carboxylic acids is 1. The molecule has 2 aromatic rings. The van der Waals surface area contributed by atoms with Crippen molar-refractivity contribution in [2.24, 2.45) is 0 Å². The molecule has 0 spiro atoms. The molecule has 0 aromatic carbocycles. The van der Waals surface area contributed by atoms with Crippen molar-refractivity contribution < 1.29 is 9.53 Å². The summed E-state index contributed by atoms with van der Waals surface area (Å²) in [6.45, 7) is 5.95. The summed E-state index contributed by atoms with van der Waals surface area (Å²) in [5, 5.41) is 3.92. The van der Waals surface area contributed by atoms with Crippen molar-refractivity contribution in [1.29, 1.82) is 0 Å². The first-order chi connectivity index (χ1) is 11.8. The van der Waals surface area contributed by atoms with Crippen LogP contribution in [0.1, 0.15) is 40.0 Å². The van der Waals surface area contributed by atoms with Crippen molar-refractivity contribution in [3.05, 3.63) is 40.0 Å². The minimum Gasteiger partial charge on any atom is -0.478 e. The molecular formula is C17H22N4O2S. The van der Waals surface area contributed by atoms with Crippen molar-refractivity contribution in [2.75, 3.05) is 19.7 Å². The fraction of sp³-hybridized carbons (Fsp3) is 0.471. The first-order valence-corrected chi connectivity index (χ1v) is 9.10. The Morgan fingerprint density at radius 1 is 1.38 bits per heavy atom. The molecule has 1 saturated heterocycles. The van der Waals surface area contributed by atoms with Crippen molar-refractivity contribution in [3.8, 4) is 5.88 Å². The second-order valence-corrected chi connectivity index (χ2v) is 6.80. The van der Waals surface area contributed by atoms with Gasteiger partial charge in [0.1, 0.15) is 9.88 Å². The van der Waals surface area contributed by atoms with Crippen molar-refractivity contribution in [1.82, 2.24) is 20.2 Å². The van der Waals surface area contributed by atoms with Crippen LogP contribution >= 0.6 is 11.3 Å². The maximum Gasteiger partial charge on any atom is 0.263 e. The second-order valence-electron chi connectivity index (χ2n) is 5.68. The van der Waals surface area contributed by atoms with Gasteiger partial charge in [0.15, 0.2) is 0 Å². The molecule has 3 rings (SSSR count). The van der Waals surface area contributed by atoms with E-state index < -0.39 is 0 Å². The molecule has 2 aromatic heterocycles. The molecule has 7 heteroatoms. The van der Waals surface area contributed by atoms with Gasteiger partial charge in [0.05, 0.1) is 19.3 Å². The Labute approximate surface area is 145 Å². The van der Waals surface area contributed by atoms with Crippen LogP contribution in [0.5, 0.6) is 5.88 Å². The van der Waals surface area contributed by atoms with Crippen LogP contribution < -0.4 is 10.1 Å². The predicted octanol–water partition coefficient (Wildman–Crippen LogP) is 2.46. The normalized spacial score (nSPS) is 14.7. The Hall–Kier alpha value is -1.99. The fourth-order valence-corrected chi connectivity index (χ4v) is 3.58. The largest absolute Gasteiger partial charge is 0.478 e. The highest BCUT2D eigenvalue weighted by atomic mass is 32.1. The third kappa shape index (κ3) is 4.30. The van der Waals surface area contributed by atoms with Gasteiger partial charge in [-0.3, -0.25) is 9.69 Å². The Balaban J connectivity index is 1.56. The molecule has 1 aliphatic rings. The number of nitrogens with one attached hydrogen (secondary N) is 1. The second kappa shape index (κ2) is 8.21. The van der Waals surface area contributed by atoms with Crippen LogP contribution in [0.25, 0.3) is 0 Å². The summed E-state index contributed by atoms with van der Waals surface area (Å²) in [4.78, 5) is 23.9. The smallest absolute Gasteiger partial charge is 0.263 e. The number of hydrogen-bond acceptors (Lipinski definition) is 6. The van der Waals surface area contributed by atoms with Gasteiger partial charge in [0.25, 0.3) is 5.91 Å². The number of hydrogen-bond donors (Lipinski definition) is 1. The molecule has 6 nitrogen and oxygen atoms in total. The maximum absolute atomic E-state index is 12.3. The van der Waals surface area contributed by atoms with Crippen molar-refractivity contribution in [3.63, 3.8) is 0 Å². The predicted molar refractivity (Wildman–Crippen MR) is 93.2 cm³/mol. The standard InChI is InChI=1S/C17H22N4O2S/c1-2-23-17-13(6-5-7-18-17)10-20-16(22)14-11-19-15(24-14)12-21-8-3-4-9-21/h5-7,11H,2-4,8-10,12H2,1H3,(H,20,22). The minimum absolute atomic E-state index is 0.105. The number of rotatable bonds is 7. The number of thiazole rings is 1. The van der Waals surface area contributed by atoms with Gasteiger partial charge in [-0.05, 0) is 38.9 Å². The van der Waals surface area contributed by atoms with Gasteiger partial charge >= 0.3 is 0 Å². The summed E-state index contributed by atoms with van der Waals surface area (Å²) in [7, 11) is 0. The van der Waals surface area contributed by atoms with Gasteiger partial charge in [-0.1, -0.05) is 6.07 Å². The zero-order valence-corrected chi connectivity index (χ0v) is 14.6. The van der Waals surface area contributed by atoms with Gasteiger partial charge in [0, 0.05) is 18.3 Å². The molecule has 1 aliphatic heterocycles. The van der Waals surface area contributed by atoms with Crippen LogP contribution in [-0.4, -0.2) is 40.5 Å². The molecule has 24 heavy (non-hydrogen) atoms. The summed E-state index contributed by atoms with van der Waals surface area (Å²) < 4.78 is 5.48. The molecule has 0 atom stereocenters. The van der Waals surface area contributed by atoms with Gasteiger partial charge in [-0.15, -0.1) is 11.3 Å². The summed E-state index contributed by atoms with van der Waals surface area (Å²) in [5.74, 6) is 0.464. The Kier molecular flexibility index (Phi) is 5.77. The number of pyridine rings is 1. The molecule has 1 fully saturated rings. The van der Waals surface area contributed by atoms with Gasteiger partial charge < -0.3 is 10.1 Å². The molecule has 1 amide bonds. The zero-order chi connectivity index (χ0) is 16.8. The SMILES string of the molecule is CCOc1ncccc1CNC(=O)c1cnc(CN2CCCC2)s1. The van der Waals surface area contributed by atoms with Crippen LogP contribution in [0.15, 0.2) is 24.5 Å². The Morgan fingerprint density at radius 2 is 2.21 bits per heavy atom. The molecule has 0 unspecified atom stereocenters. The van der Waals surface area contributed by atoms with E-state index in [1.165, 1.54) is 24.2 Å². The van der Waals surface area contributed by atoms with E-state index in [0.29, 0.717) is 23.9 Å². The van der Waals surface area contributed by atoms with E-state index in [1.54, 1.807) is 12.4 Å². The molecule has 0 bridgehead atoms. The van der Waals surface area contributed by atoms with E-state index in [1.807, 2.05) is 19.1 Å². The Bertz CT molecular complexity index is 683. The highest BCUT2D eigenvalue weighted by molar-refractivity contribution is 7.13. The molecule has 0 radical (unpaired) electrons. The van der Waals surface area contributed by atoms with Gasteiger partial charge in [-0.25, -0.2) is 9.97 Å². The van der Waals surface area contributed by atoms with Crippen LogP contribution in [0, 0.1) is 0 Å². The Morgan fingerprint density at radius 3 is 3.00 bits per heavy atom. The minimum atomic E-state index is -0.105. The lowest BCUT2D eigenvalue weighted by molar-refractivity contribution is 0.0954. The number of amides is 1. The maximum atomic E-state index is 12.3. The number of nitrogens with zero attached hydrogens (tertiary/aromatic N) is 3. The first kappa shape index (κ1) is 16.9. The third-order valence-electron chi connectivity index (χ3n) is 3.91. The molecule has 0 saturated carbocycles.